The van der Waals surface area contributed by atoms with E-state index >= 15 is 0 Å². The molecular weight excluding hydrogens is 226 g/mol. The molecule has 0 spiro atoms. The van der Waals surface area contributed by atoms with Crippen LogP contribution in [0.1, 0.15) is 25.0 Å². The summed E-state index contributed by atoms with van der Waals surface area (Å²) < 4.78 is 5.73. The molecule has 2 rings (SSSR count). The molecule has 0 radical (unpaired) electrons. The number of ether oxygens (including phenoxy) is 1. The summed E-state index contributed by atoms with van der Waals surface area (Å²) in [6, 6.07) is 6.06. The molecule has 1 aliphatic rings. The Kier molecular flexibility index (Phi) is 3.57. The molecule has 1 aromatic rings. The highest BCUT2D eigenvalue weighted by Crippen LogP contribution is 2.23. The van der Waals surface area contributed by atoms with Crippen LogP contribution in [0.25, 0.3) is 0 Å². The molecule has 0 aliphatic carbocycles. The maximum absolute atomic E-state index is 7.50. The maximum atomic E-state index is 7.50. The number of rotatable bonds is 2. The summed E-state index contributed by atoms with van der Waals surface area (Å²) in [6.07, 6.45) is 0.503. The summed E-state index contributed by atoms with van der Waals surface area (Å²) in [6.45, 7) is 8.00. The highest BCUT2D eigenvalue weighted by molar-refractivity contribution is 5.96. The number of nitrogens with zero attached hydrogens (tertiary/aromatic N) is 1. The highest BCUT2D eigenvalue weighted by atomic mass is 16.5. The second-order valence-electron chi connectivity index (χ2n) is 5.08. The molecule has 4 nitrogen and oxygen atoms in total. The normalized spacial score (nSPS) is 24.1. The number of benzene rings is 1. The van der Waals surface area contributed by atoms with Gasteiger partial charge in [-0.15, -0.1) is 0 Å². The van der Waals surface area contributed by atoms with Crippen LogP contribution < -0.4 is 10.6 Å². The van der Waals surface area contributed by atoms with Gasteiger partial charge >= 0.3 is 0 Å². The molecule has 2 atom stereocenters. The lowest BCUT2D eigenvalue weighted by Crippen LogP contribution is -2.45. The predicted octanol–water partition coefficient (Wildman–Crippen LogP) is 1.89. The van der Waals surface area contributed by atoms with Crippen LogP contribution in [0.5, 0.6) is 0 Å². The number of nitrogens with one attached hydrogen (secondary N) is 1. The molecule has 0 bridgehead atoms. The van der Waals surface area contributed by atoms with Crippen LogP contribution in [-0.2, 0) is 4.74 Å². The summed E-state index contributed by atoms with van der Waals surface area (Å²) >= 11 is 0. The lowest BCUT2D eigenvalue weighted by atomic mass is 10.1. The van der Waals surface area contributed by atoms with Gasteiger partial charge in [0, 0.05) is 24.3 Å². The van der Waals surface area contributed by atoms with Crippen molar-refractivity contribution in [3.63, 3.8) is 0 Å². The maximum Gasteiger partial charge on any atom is 0.123 e. The van der Waals surface area contributed by atoms with Crippen molar-refractivity contribution in [2.75, 3.05) is 18.0 Å². The molecule has 1 aliphatic heterocycles. The lowest BCUT2D eigenvalue weighted by Gasteiger charge is -2.37. The molecule has 2 unspecified atom stereocenters. The van der Waals surface area contributed by atoms with E-state index in [2.05, 4.69) is 24.8 Å². The summed E-state index contributed by atoms with van der Waals surface area (Å²) in [5.74, 6) is 0.128. The van der Waals surface area contributed by atoms with Crippen molar-refractivity contribution in [2.24, 2.45) is 5.73 Å². The highest BCUT2D eigenvalue weighted by Gasteiger charge is 2.22. The van der Waals surface area contributed by atoms with Crippen molar-refractivity contribution in [3.8, 4) is 0 Å². The Morgan fingerprint density at radius 3 is 2.44 bits per heavy atom. The van der Waals surface area contributed by atoms with Gasteiger partial charge < -0.3 is 15.4 Å². The fraction of sp³-hybridized carbons (Fsp3) is 0.500. The van der Waals surface area contributed by atoms with Crippen molar-refractivity contribution >= 4 is 11.5 Å². The van der Waals surface area contributed by atoms with Crippen LogP contribution in [0.2, 0.25) is 0 Å². The molecule has 1 fully saturated rings. The van der Waals surface area contributed by atoms with Crippen LogP contribution in [0.15, 0.2) is 18.2 Å². The van der Waals surface area contributed by atoms with Gasteiger partial charge in [0.2, 0.25) is 0 Å². The topological polar surface area (TPSA) is 62.3 Å². The van der Waals surface area contributed by atoms with Gasteiger partial charge in [-0.3, -0.25) is 5.41 Å². The second kappa shape index (κ2) is 4.98. The van der Waals surface area contributed by atoms with Gasteiger partial charge in [-0.1, -0.05) is 0 Å². The first kappa shape index (κ1) is 12.9. The van der Waals surface area contributed by atoms with Crippen LogP contribution in [0.4, 0.5) is 5.69 Å². The van der Waals surface area contributed by atoms with E-state index in [1.165, 1.54) is 5.69 Å². The Balaban J connectivity index is 2.23. The lowest BCUT2D eigenvalue weighted by molar-refractivity contribution is -0.00522. The van der Waals surface area contributed by atoms with Crippen LogP contribution in [0.3, 0.4) is 0 Å². The smallest absolute Gasteiger partial charge is 0.123 e. The minimum Gasteiger partial charge on any atom is -0.384 e. The second-order valence-corrected chi connectivity index (χ2v) is 5.08. The van der Waals surface area contributed by atoms with Crippen molar-refractivity contribution < 1.29 is 4.74 Å². The zero-order valence-corrected chi connectivity index (χ0v) is 11.2. The molecular formula is C14H21N3O. The molecule has 0 saturated carbocycles. The van der Waals surface area contributed by atoms with Crippen LogP contribution >= 0.6 is 0 Å². The molecule has 4 heteroatoms. The van der Waals surface area contributed by atoms with Gasteiger partial charge in [0.05, 0.1) is 12.2 Å². The molecule has 0 amide bonds. The van der Waals surface area contributed by atoms with E-state index in [1.54, 1.807) is 0 Å². The number of amidine groups is 1. The summed E-state index contributed by atoms with van der Waals surface area (Å²) in [5.41, 5.74) is 8.58. The molecule has 1 heterocycles. The Morgan fingerprint density at radius 1 is 1.33 bits per heavy atom. The fourth-order valence-electron chi connectivity index (χ4n) is 2.54. The fourth-order valence-corrected chi connectivity index (χ4v) is 2.54. The van der Waals surface area contributed by atoms with Crippen molar-refractivity contribution in [1.29, 1.82) is 5.41 Å². The predicted molar refractivity (Wildman–Crippen MR) is 74.4 cm³/mol. The molecule has 98 valence electrons. The minimum absolute atomic E-state index is 0.128. The first-order valence-electron chi connectivity index (χ1n) is 6.33. The first-order valence-corrected chi connectivity index (χ1v) is 6.33. The molecule has 1 aromatic carbocycles. The Labute approximate surface area is 108 Å². The van der Waals surface area contributed by atoms with E-state index in [0.29, 0.717) is 0 Å². The third-order valence-corrected chi connectivity index (χ3v) is 3.28. The van der Waals surface area contributed by atoms with E-state index < -0.39 is 0 Å². The average Bonchev–Trinajstić information content (AvgIpc) is 2.26. The number of morpholine rings is 1. The van der Waals surface area contributed by atoms with Crippen LogP contribution in [-0.4, -0.2) is 31.1 Å². The summed E-state index contributed by atoms with van der Waals surface area (Å²) in [7, 11) is 0. The molecule has 18 heavy (non-hydrogen) atoms. The van der Waals surface area contributed by atoms with Gasteiger partial charge in [-0.2, -0.15) is 0 Å². The van der Waals surface area contributed by atoms with E-state index in [4.69, 9.17) is 15.9 Å². The van der Waals surface area contributed by atoms with Gasteiger partial charge in [-0.05, 0) is 44.5 Å². The quantitative estimate of drug-likeness (QED) is 0.619. The first-order chi connectivity index (χ1) is 8.47. The van der Waals surface area contributed by atoms with Gasteiger partial charge in [0.25, 0.3) is 0 Å². The number of hydrogen-bond acceptors (Lipinski definition) is 3. The van der Waals surface area contributed by atoms with E-state index in [-0.39, 0.29) is 18.0 Å². The van der Waals surface area contributed by atoms with Gasteiger partial charge in [-0.25, -0.2) is 0 Å². The molecule has 0 aromatic heterocycles. The van der Waals surface area contributed by atoms with Crippen molar-refractivity contribution in [2.45, 2.75) is 33.0 Å². The number of aryl methyl sites for hydroxylation is 1. The number of nitrogen functional groups attached to an aromatic ring is 1. The van der Waals surface area contributed by atoms with Crippen molar-refractivity contribution in [3.05, 3.63) is 29.3 Å². The Hall–Kier alpha value is -1.55. The summed E-state index contributed by atoms with van der Waals surface area (Å²) in [4.78, 5) is 2.33. The van der Waals surface area contributed by atoms with E-state index in [9.17, 15) is 0 Å². The third kappa shape index (κ3) is 2.64. The van der Waals surface area contributed by atoms with E-state index in [1.807, 2.05) is 19.1 Å². The SMILES string of the molecule is Cc1cc(N2CC(C)OC(C)C2)ccc1C(=N)N. The van der Waals surface area contributed by atoms with Crippen molar-refractivity contribution in [1.82, 2.24) is 0 Å². The third-order valence-electron chi connectivity index (χ3n) is 3.28. The van der Waals surface area contributed by atoms with Gasteiger partial charge in [0.15, 0.2) is 0 Å². The Morgan fingerprint density at radius 2 is 1.94 bits per heavy atom. The summed E-state index contributed by atoms with van der Waals surface area (Å²) in [5, 5.41) is 7.50. The molecule has 1 saturated heterocycles. The van der Waals surface area contributed by atoms with Gasteiger partial charge in [0.1, 0.15) is 5.84 Å². The number of nitrogens with two attached hydrogens (primary N) is 1. The number of hydrogen-bond donors (Lipinski definition) is 2. The van der Waals surface area contributed by atoms with Crippen LogP contribution in [0, 0.1) is 12.3 Å². The zero-order chi connectivity index (χ0) is 13.3. The molecule has 3 N–H and O–H groups in total. The average molecular weight is 247 g/mol. The minimum atomic E-state index is 0.128. The Bertz CT molecular complexity index is 448. The zero-order valence-electron chi connectivity index (χ0n) is 11.2. The standard InChI is InChI=1S/C14H21N3O/c1-9-6-12(4-5-13(9)14(15)16)17-7-10(2)18-11(3)8-17/h4-6,10-11H,7-8H2,1-3H3,(H3,15,16). The largest absolute Gasteiger partial charge is 0.384 e. The van der Waals surface area contributed by atoms with E-state index in [0.717, 1.165) is 24.2 Å². The monoisotopic (exact) mass is 247 g/mol. The number of anilines is 1.